The molecule has 0 radical (unpaired) electrons. The number of carbonyl (C=O) groups is 1. The smallest absolute Gasteiger partial charge is 0.157 e. The van der Waals surface area contributed by atoms with Gasteiger partial charge in [-0.15, -0.1) is 0 Å². The van der Waals surface area contributed by atoms with Gasteiger partial charge in [-0.1, -0.05) is 49.1 Å². The maximum absolute atomic E-state index is 13.1. The lowest BCUT2D eigenvalue weighted by molar-refractivity contribution is -0.131. The molecule has 0 spiro atoms. The molecule has 21 heavy (non-hydrogen) atoms. The first-order valence-electron chi connectivity index (χ1n) is 8.55. The van der Waals surface area contributed by atoms with Crippen LogP contribution < -0.4 is 0 Å². The van der Waals surface area contributed by atoms with Crippen LogP contribution in [0.5, 0.6) is 0 Å². The van der Waals surface area contributed by atoms with Crippen LogP contribution in [0.2, 0.25) is 0 Å². The highest BCUT2D eigenvalue weighted by atomic mass is 16.1. The minimum atomic E-state index is -0.135. The number of carbonyl (C=O) groups excluding carboxylic acids is 1. The molecule has 2 nitrogen and oxygen atoms in total. The van der Waals surface area contributed by atoms with Crippen molar-refractivity contribution >= 4 is 5.78 Å². The summed E-state index contributed by atoms with van der Waals surface area (Å²) in [5.74, 6) is 0.465. The molecule has 0 N–H and O–H groups in total. The monoisotopic (exact) mass is 285 g/mol. The van der Waals surface area contributed by atoms with E-state index in [1.165, 1.54) is 43.2 Å². The summed E-state index contributed by atoms with van der Waals surface area (Å²) in [5, 5.41) is 0. The van der Waals surface area contributed by atoms with E-state index in [1.807, 2.05) is 0 Å². The molecule has 0 bridgehead atoms. The first-order chi connectivity index (χ1) is 10.2. The highest BCUT2D eigenvalue weighted by Gasteiger charge is 2.45. The Bertz CT molecular complexity index is 496. The normalized spacial score (nSPS) is 22.3. The number of Topliss-reactive ketones (excluding diaryl/α,β-unsaturated/α-hetero) is 1. The molecule has 1 aliphatic carbocycles. The zero-order valence-corrected chi connectivity index (χ0v) is 13.2. The van der Waals surface area contributed by atoms with E-state index in [4.69, 9.17) is 0 Å². The molecule has 1 saturated carbocycles. The molecule has 0 unspecified atom stereocenters. The first-order valence-corrected chi connectivity index (χ1v) is 8.55. The number of hydrogen-bond acceptors (Lipinski definition) is 2. The van der Waals surface area contributed by atoms with Crippen molar-refractivity contribution in [3.05, 3.63) is 35.4 Å². The number of piperidine rings is 1. The number of hydrogen-bond donors (Lipinski definition) is 0. The number of aryl methyl sites for hydroxylation is 1. The van der Waals surface area contributed by atoms with E-state index >= 15 is 0 Å². The van der Waals surface area contributed by atoms with Gasteiger partial charge in [-0.25, -0.2) is 0 Å². The van der Waals surface area contributed by atoms with Gasteiger partial charge in [-0.05, 0) is 51.3 Å². The molecular weight excluding hydrogens is 258 g/mol. The second-order valence-electron chi connectivity index (χ2n) is 6.88. The zero-order valence-electron chi connectivity index (χ0n) is 13.2. The van der Waals surface area contributed by atoms with Crippen molar-refractivity contribution in [1.82, 2.24) is 4.90 Å². The Balaban J connectivity index is 1.78. The van der Waals surface area contributed by atoms with E-state index in [2.05, 4.69) is 36.1 Å². The van der Waals surface area contributed by atoms with Gasteiger partial charge in [-0.2, -0.15) is 0 Å². The molecule has 2 heteroatoms. The third-order valence-electron chi connectivity index (χ3n) is 5.36. The lowest BCUT2D eigenvalue weighted by Crippen LogP contribution is -2.55. The predicted molar refractivity (Wildman–Crippen MR) is 86.5 cm³/mol. The van der Waals surface area contributed by atoms with Gasteiger partial charge in [0.25, 0.3) is 0 Å². The molecule has 0 amide bonds. The summed E-state index contributed by atoms with van der Waals surface area (Å²) in [7, 11) is 0. The lowest BCUT2D eigenvalue weighted by Gasteiger charge is -2.42. The maximum atomic E-state index is 13.1. The van der Waals surface area contributed by atoms with E-state index in [0.717, 1.165) is 25.9 Å². The van der Waals surface area contributed by atoms with Crippen LogP contribution in [0.4, 0.5) is 0 Å². The van der Waals surface area contributed by atoms with Crippen LogP contribution in [0.1, 0.15) is 56.1 Å². The minimum Gasteiger partial charge on any atom is -0.297 e. The summed E-state index contributed by atoms with van der Waals surface area (Å²) in [6.45, 7) is 4.35. The van der Waals surface area contributed by atoms with E-state index < -0.39 is 0 Å². The van der Waals surface area contributed by atoms with Crippen molar-refractivity contribution in [1.29, 1.82) is 0 Å². The maximum Gasteiger partial charge on any atom is 0.157 e. The summed E-state index contributed by atoms with van der Waals surface area (Å²) in [5.41, 5.74) is 2.30. The number of rotatable bonds is 4. The third kappa shape index (κ3) is 3.06. The van der Waals surface area contributed by atoms with Crippen LogP contribution in [0, 0.1) is 6.92 Å². The SMILES string of the molecule is Cc1cccc(CC(=O)C2(N3CCCCC3)CCCC2)c1. The molecule has 2 fully saturated rings. The Morgan fingerprint density at radius 1 is 1.10 bits per heavy atom. The van der Waals surface area contributed by atoms with Gasteiger partial charge in [-0.3, -0.25) is 9.69 Å². The molecule has 3 rings (SSSR count). The van der Waals surface area contributed by atoms with Gasteiger partial charge in [0.05, 0.1) is 5.54 Å². The van der Waals surface area contributed by atoms with Gasteiger partial charge >= 0.3 is 0 Å². The van der Waals surface area contributed by atoms with Crippen LogP contribution in [0.15, 0.2) is 24.3 Å². The highest BCUT2D eigenvalue weighted by Crippen LogP contribution is 2.38. The Hall–Kier alpha value is -1.15. The average molecular weight is 285 g/mol. The minimum absolute atomic E-state index is 0.135. The highest BCUT2D eigenvalue weighted by molar-refractivity contribution is 5.90. The summed E-state index contributed by atoms with van der Waals surface area (Å²) in [6, 6.07) is 8.44. The van der Waals surface area contributed by atoms with Gasteiger partial charge in [0.15, 0.2) is 5.78 Å². The number of benzene rings is 1. The van der Waals surface area contributed by atoms with Crippen molar-refractivity contribution in [3.8, 4) is 0 Å². The van der Waals surface area contributed by atoms with Crippen LogP contribution in [-0.2, 0) is 11.2 Å². The topological polar surface area (TPSA) is 20.3 Å². The Morgan fingerprint density at radius 3 is 2.48 bits per heavy atom. The third-order valence-corrected chi connectivity index (χ3v) is 5.36. The summed E-state index contributed by atoms with van der Waals surface area (Å²) >= 11 is 0. The first kappa shape index (κ1) is 14.8. The van der Waals surface area contributed by atoms with Crippen LogP contribution >= 0.6 is 0 Å². The largest absolute Gasteiger partial charge is 0.297 e. The van der Waals surface area contributed by atoms with Crippen LogP contribution in [-0.4, -0.2) is 29.3 Å². The Labute approximate surface area is 128 Å². The summed E-state index contributed by atoms with van der Waals surface area (Å²) in [4.78, 5) is 15.6. The molecule has 1 saturated heterocycles. The van der Waals surface area contributed by atoms with Gasteiger partial charge in [0, 0.05) is 6.42 Å². The standard InChI is InChI=1S/C19H27NO/c1-16-8-7-9-17(14-16)15-18(21)19(10-3-4-11-19)20-12-5-2-6-13-20/h7-9,14H,2-6,10-13,15H2,1H3. The molecule has 0 aromatic heterocycles. The van der Waals surface area contributed by atoms with Crippen molar-refractivity contribution in [3.63, 3.8) is 0 Å². The molecule has 114 valence electrons. The van der Waals surface area contributed by atoms with Crippen molar-refractivity contribution in [2.24, 2.45) is 0 Å². The van der Waals surface area contributed by atoms with Crippen molar-refractivity contribution < 1.29 is 4.79 Å². The number of likely N-dealkylation sites (tertiary alicyclic amines) is 1. The Kier molecular flexibility index (Phi) is 4.44. The van der Waals surface area contributed by atoms with Crippen molar-refractivity contribution in [2.45, 2.75) is 63.8 Å². The molecule has 2 aliphatic rings. The Morgan fingerprint density at radius 2 is 1.81 bits per heavy atom. The molecule has 0 atom stereocenters. The molecular formula is C19H27NO. The number of ketones is 1. The molecule has 1 heterocycles. The second kappa shape index (κ2) is 6.31. The molecule has 1 aliphatic heterocycles. The van der Waals surface area contributed by atoms with E-state index in [9.17, 15) is 4.79 Å². The summed E-state index contributed by atoms with van der Waals surface area (Å²) in [6.07, 6.45) is 9.07. The van der Waals surface area contributed by atoms with Crippen LogP contribution in [0.3, 0.4) is 0 Å². The van der Waals surface area contributed by atoms with Crippen molar-refractivity contribution in [2.75, 3.05) is 13.1 Å². The summed E-state index contributed by atoms with van der Waals surface area (Å²) < 4.78 is 0. The average Bonchev–Trinajstić information content (AvgIpc) is 2.99. The van der Waals surface area contributed by atoms with Gasteiger partial charge in [0.2, 0.25) is 0 Å². The zero-order chi connectivity index (χ0) is 14.7. The quantitative estimate of drug-likeness (QED) is 0.836. The molecule has 1 aromatic carbocycles. The van der Waals surface area contributed by atoms with Crippen LogP contribution in [0.25, 0.3) is 0 Å². The van der Waals surface area contributed by atoms with E-state index in [1.54, 1.807) is 0 Å². The van der Waals surface area contributed by atoms with Gasteiger partial charge in [0.1, 0.15) is 0 Å². The second-order valence-corrected chi connectivity index (χ2v) is 6.88. The fourth-order valence-electron chi connectivity index (χ4n) is 4.23. The fraction of sp³-hybridized carbons (Fsp3) is 0.632. The fourth-order valence-corrected chi connectivity index (χ4v) is 4.23. The predicted octanol–water partition coefficient (Wildman–Crippen LogP) is 3.91. The number of nitrogens with zero attached hydrogens (tertiary/aromatic N) is 1. The lowest BCUT2D eigenvalue weighted by atomic mass is 9.84. The van der Waals surface area contributed by atoms with Gasteiger partial charge < -0.3 is 0 Å². The van der Waals surface area contributed by atoms with E-state index in [-0.39, 0.29) is 5.54 Å². The van der Waals surface area contributed by atoms with E-state index in [0.29, 0.717) is 12.2 Å². The molecule has 1 aromatic rings.